The first-order valence-electron chi connectivity index (χ1n) is 7.05. The first kappa shape index (κ1) is 17.2. The lowest BCUT2D eigenvalue weighted by Crippen LogP contribution is -2.40. The number of aromatic amines is 1. The average Bonchev–Trinajstić information content (AvgIpc) is 2.97. The predicted octanol–water partition coefficient (Wildman–Crippen LogP) is -1.35. The van der Waals surface area contributed by atoms with Gasteiger partial charge in [0.15, 0.2) is 11.9 Å². The van der Waals surface area contributed by atoms with Gasteiger partial charge in [0.05, 0.1) is 25.0 Å². The Morgan fingerprint density at radius 2 is 2.21 bits per heavy atom. The number of nitrogens with zero attached hydrogens (tertiary/aromatic N) is 2. The minimum atomic E-state index is -3.56. The van der Waals surface area contributed by atoms with Crippen LogP contribution in [-0.2, 0) is 14.8 Å². The van der Waals surface area contributed by atoms with E-state index >= 15 is 0 Å². The third-order valence-electron chi connectivity index (χ3n) is 3.61. The first-order chi connectivity index (χ1) is 11.2. The predicted molar refractivity (Wildman–Crippen MR) is 86.6 cm³/mol. The molecule has 1 aliphatic heterocycles. The second-order valence-electron chi connectivity index (χ2n) is 5.61. The van der Waals surface area contributed by atoms with Crippen LogP contribution in [-0.4, -0.2) is 53.1 Å². The van der Waals surface area contributed by atoms with Crippen LogP contribution in [0.1, 0.15) is 18.5 Å². The molecule has 3 atom stereocenters. The third kappa shape index (κ3) is 3.15. The highest BCUT2D eigenvalue weighted by Gasteiger charge is 2.39. The zero-order chi connectivity index (χ0) is 17.6. The largest absolute Gasteiger partial charge is 0.394 e. The number of aliphatic hydroxyl groups excluding tert-OH is 1. The van der Waals surface area contributed by atoms with Crippen LogP contribution >= 0.6 is 11.3 Å². The fraction of sp³-hybridized carbons (Fsp3) is 0.583. The summed E-state index contributed by atoms with van der Waals surface area (Å²) >= 11 is 0.711. The zero-order valence-corrected chi connectivity index (χ0v) is 14.5. The third-order valence-corrected chi connectivity index (χ3v) is 5.28. The molecule has 12 heteroatoms. The van der Waals surface area contributed by atoms with Gasteiger partial charge in [-0.3, -0.25) is 14.2 Å². The van der Waals surface area contributed by atoms with E-state index in [0.29, 0.717) is 17.2 Å². The van der Waals surface area contributed by atoms with Gasteiger partial charge in [0, 0.05) is 0 Å². The minimum Gasteiger partial charge on any atom is -0.394 e. The zero-order valence-electron chi connectivity index (χ0n) is 12.8. The SMILES string of the molecule is Cc1nc2c(sc(=O)n2C2OC(CO)CC2NS(C)(=O)=O)c(=O)[nH]1. The molecule has 2 aromatic heterocycles. The summed E-state index contributed by atoms with van der Waals surface area (Å²) in [5.74, 6) is 0.323. The molecule has 3 heterocycles. The number of hydrogen-bond acceptors (Lipinski definition) is 8. The van der Waals surface area contributed by atoms with Gasteiger partial charge in [-0.1, -0.05) is 11.3 Å². The summed E-state index contributed by atoms with van der Waals surface area (Å²) in [4.78, 5) is 30.6. The maximum Gasteiger partial charge on any atom is 0.311 e. The van der Waals surface area contributed by atoms with E-state index in [4.69, 9.17) is 4.74 Å². The summed E-state index contributed by atoms with van der Waals surface area (Å²) in [6.45, 7) is 1.26. The van der Waals surface area contributed by atoms with E-state index in [2.05, 4.69) is 14.7 Å². The van der Waals surface area contributed by atoms with Gasteiger partial charge < -0.3 is 14.8 Å². The van der Waals surface area contributed by atoms with Gasteiger partial charge in [0.2, 0.25) is 10.0 Å². The maximum absolute atomic E-state index is 12.4. The second kappa shape index (κ2) is 6.04. The highest BCUT2D eigenvalue weighted by Crippen LogP contribution is 2.30. The number of nitrogens with one attached hydrogen (secondary N) is 2. The molecule has 0 bridgehead atoms. The molecule has 1 saturated heterocycles. The van der Waals surface area contributed by atoms with E-state index in [9.17, 15) is 23.1 Å². The molecule has 1 fully saturated rings. The molecule has 3 N–H and O–H groups in total. The number of thiazole rings is 1. The number of aliphatic hydroxyl groups is 1. The fourth-order valence-electron chi connectivity index (χ4n) is 2.75. The Morgan fingerprint density at radius 1 is 1.50 bits per heavy atom. The van der Waals surface area contributed by atoms with Crippen molar-refractivity contribution in [3.63, 3.8) is 0 Å². The first-order valence-corrected chi connectivity index (χ1v) is 9.76. The molecule has 24 heavy (non-hydrogen) atoms. The lowest BCUT2D eigenvalue weighted by atomic mass is 10.2. The minimum absolute atomic E-state index is 0.134. The van der Waals surface area contributed by atoms with E-state index in [1.165, 1.54) is 4.57 Å². The van der Waals surface area contributed by atoms with Gasteiger partial charge in [-0.15, -0.1) is 0 Å². The van der Waals surface area contributed by atoms with Gasteiger partial charge in [-0.2, -0.15) is 0 Å². The van der Waals surface area contributed by atoms with Gasteiger partial charge in [0.1, 0.15) is 10.5 Å². The topological polar surface area (TPSA) is 143 Å². The Hall–Kier alpha value is -1.60. The quantitative estimate of drug-likeness (QED) is 0.599. The molecule has 3 rings (SSSR count). The van der Waals surface area contributed by atoms with Gasteiger partial charge in [-0.05, 0) is 13.3 Å². The monoisotopic (exact) mass is 376 g/mol. The Kier molecular flexibility index (Phi) is 4.34. The molecule has 132 valence electrons. The highest BCUT2D eigenvalue weighted by molar-refractivity contribution is 7.88. The van der Waals surface area contributed by atoms with Crippen molar-refractivity contribution >= 4 is 31.7 Å². The Labute approximate surface area is 140 Å². The number of sulfonamides is 1. The summed E-state index contributed by atoms with van der Waals surface area (Å²) in [6, 6.07) is -0.756. The van der Waals surface area contributed by atoms with Crippen molar-refractivity contribution < 1.29 is 18.3 Å². The van der Waals surface area contributed by atoms with Gasteiger partial charge >= 0.3 is 4.87 Å². The lowest BCUT2D eigenvalue weighted by molar-refractivity contribution is -0.0257. The molecular weight excluding hydrogens is 360 g/mol. The molecule has 0 aromatic carbocycles. The van der Waals surface area contributed by atoms with E-state index in [1.807, 2.05) is 0 Å². The van der Waals surface area contributed by atoms with Crippen LogP contribution in [0.5, 0.6) is 0 Å². The number of aromatic nitrogens is 3. The van der Waals surface area contributed by atoms with Crippen LogP contribution in [0.25, 0.3) is 10.3 Å². The van der Waals surface area contributed by atoms with E-state index in [1.54, 1.807) is 6.92 Å². The van der Waals surface area contributed by atoms with Crippen molar-refractivity contribution in [1.29, 1.82) is 0 Å². The number of hydrogen-bond donors (Lipinski definition) is 3. The van der Waals surface area contributed by atoms with Crippen molar-refractivity contribution in [1.82, 2.24) is 19.3 Å². The Morgan fingerprint density at radius 3 is 2.83 bits per heavy atom. The molecule has 1 aliphatic rings. The van der Waals surface area contributed by atoms with Crippen molar-refractivity contribution in [2.75, 3.05) is 12.9 Å². The molecule has 3 unspecified atom stereocenters. The standard InChI is InChI=1S/C12H16N4O6S2/c1-5-13-9-8(10(18)14-5)23-12(19)16(9)11-7(15-24(2,20)21)3-6(4-17)22-11/h6-7,11,15,17H,3-4H2,1-2H3,(H,13,14,18). The molecule has 2 aromatic rings. The highest BCUT2D eigenvalue weighted by atomic mass is 32.2. The lowest BCUT2D eigenvalue weighted by Gasteiger charge is -2.20. The smallest absolute Gasteiger partial charge is 0.311 e. The van der Waals surface area contributed by atoms with Crippen LogP contribution in [0, 0.1) is 6.92 Å². The van der Waals surface area contributed by atoms with Crippen LogP contribution < -0.4 is 15.2 Å². The van der Waals surface area contributed by atoms with Crippen molar-refractivity contribution in [2.45, 2.75) is 31.7 Å². The maximum atomic E-state index is 12.4. The Bertz CT molecular complexity index is 991. The number of aryl methyl sites for hydroxylation is 1. The molecule has 0 radical (unpaired) electrons. The molecule has 0 amide bonds. The summed E-state index contributed by atoms with van der Waals surface area (Å²) in [5.41, 5.74) is -0.308. The number of fused-ring (bicyclic) bond motifs is 1. The van der Waals surface area contributed by atoms with E-state index < -0.39 is 38.8 Å². The Balaban J connectivity index is 2.15. The molecule has 10 nitrogen and oxygen atoms in total. The van der Waals surface area contributed by atoms with E-state index in [0.717, 1.165) is 6.26 Å². The second-order valence-corrected chi connectivity index (χ2v) is 8.35. The summed E-state index contributed by atoms with van der Waals surface area (Å²) in [5, 5.41) is 9.31. The molecule has 0 saturated carbocycles. The molecule has 0 aliphatic carbocycles. The number of rotatable bonds is 4. The van der Waals surface area contributed by atoms with E-state index in [-0.39, 0.29) is 23.4 Å². The molecule has 0 spiro atoms. The van der Waals surface area contributed by atoms with Crippen LogP contribution in [0.4, 0.5) is 0 Å². The van der Waals surface area contributed by atoms with Crippen LogP contribution in [0.3, 0.4) is 0 Å². The fourth-order valence-corrected chi connectivity index (χ4v) is 4.35. The van der Waals surface area contributed by atoms with Crippen molar-refractivity contribution in [3.05, 3.63) is 25.8 Å². The van der Waals surface area contributed by atoms with Crippen LogP contribution in [0.2, 0.25) is 0 Å². The summed E-state index contributed by atoms with van der Waals surface area (Å²) < 4.78 is 32.5. The van der Waals surface area contributed by atoms with Crippen molar-refractivity contribution in [2.24, 2.45) is 0 Å². The average molecular weight is 376 g/mol. The summed E-state index contributed by atoms with van der Waals surface area (Å²) in [7, 11) is -3.56. The van der Waals surface area contributed by atoms with Gasteiger partial charge in [0.25, 0.3) is 5.56 Å². The number of ether oxygens (including phenoxy) is 1. The molecular formula is C12H16N4O6S2. The normalized spacial score (nSPS) is 24.7. The van der Waals surface area contributed by atoms with Gasteiger partial charge in [-0.25, -0.2) is 18.1 Å². The summed E-state index contributed by atoms with van der Waals surface area (Å²) in [6.07, 6.45) is -0.427. The van der Waals surface area contributed by atoms with Crippen LogP contribution in [0.15, 0.2) is 9.59 Å². The number of H-pyrrole nitrogens is 1. The van der Waals surface area contributed by atoms with Crippen molar-refractivity contribution in [3.8, 4) is 0 Å².